The maximum absolute atomic E-state index is 5.72. The van der Waals surface area contributed by atoms with Crippen LogP contribution in [-0.2, 0) is 4.74 Å². The standard InChI is InChI=1S/C23H25N7O2/c1-2-4-19(5-3-1)32-13-10-24-21-20-22(26-16-25-21)29-23(28-20)27-17-6-8-18(9-7-17)30-11-14-31-15-12-30/h1-9,16H,10-15H2,(H3,24,25,26,27,28,29). The number of anilines is 4. The largest absolute Gasteiger partial charge is 0.492 e. The highest BCUT2D eigenvalue weighted by Gasteiger charge is 2.12. The highest BCUT2D eigenvalue weighted by Crippen LogP contribution is 2.23. The summed E-state index contributed by atoms with van der Waals surface area (Å²) in [4.78, 5) is 18.8. The Hall–Kier alpha value is -3.85. The second-order valence-corrected chi connectivity index (χ2v) is 7.37. The van der Waals surface area contributed by atoms with Gasteiger partial charge >= 0.3 is 0 Å². The van der Waals surface area contributed by atoms with Gasteiger partial charge < -0.3 is 30.0 Å². The Morgan fingerprint density at radius 2 is 1.81 bits per heavy atom. The summed E-state index contributed by atoms with van der Waals surface area (Å²) >= 11 is 0. The molecule has 0 radical (unpaired) electrons. The van der Waals surface area contributed by atoms with Crippen molar-refractivity contribution in [3.8, 4) is 5.75 Å². The van der Waals surface area contributed by atoms with Crippen LogP contribution in [0.2, 0.25) is 0 Å². The molecule has 4 aromatic rings. The molecule has 32 heavy (non-hydrogen) atoms. The molecule has 5 rings (SSSR count). The zero-order valence-electron chi connectivity index (χ0n) is 17.6. The van der Waals surface area contributed by atoms with Crippen LogP contribution in [-0.4, -0.2) is 59.4 Å². The molecule has 0 amide bonds. The second kappa shape index (κ2) is 9.52. The zero-order chi connectivity index (χ0) is 21.6. The molecule has 0 aliphatic carbocycles. The van der Waals surface area contributed by atoms with Gasteiger partial charge in [0.05, 0.1) is 19.8 Å². The maximum Gasteiger partial charge on any atom is 0.207 e. The van der Waals surface area contributed by atoms with Crippen molar-refractivity contribution in [1.82, 2.24) is 19.9 Å². The van der Waals surface area contributed by atoms with Gasteiger partial charge in [0.1, 0.15) is 24.2 Å². The number of nitrogens with one attached hydrogen (secondary N) is 3. The maximum atomic E-state index is 5.72. The molecular weight excluding hydrogens is 406 g/mol. The van der Waals surface area contributed by atoms with Gasteiger partial charge in [-0.25, -0.2) is 9.97 Å². The van der Waals surface area contributed by atoms with Crippen LogP contribution in [0, 0.1) is 0 Å². The van der Waals surface area contributed by atoms with E-state index in [0.717, 1.165) is 43.3 Å². The van der Waals surface area contributed by atoms with Gasteiger partial charge in [-0.1, -0.05) is 18.2 Å². The first-order valence-corrected chi connectivity index (χ1v) is 10.7. The molecule has 1 saturated heterocycles. The topological polar surface area (TPSA) is 100 Å². The van der Waals surface area contributed by atoms with E-state index in [1.807, 2.05) is 42.5 Å². The highest BCUT2D eigenvalue weighted by molar-refractivity contribution is 5.84. The number of hydrogen-bond acceptors (Lipinski definition) is 8. The van der Waals surface area contributed by atoms with Crippen molar-refractivity contribution in [3.63, 3.8) is 0 Å². The minimum atomic E-state index is 0.518. The lowest BCUT2D eigenvalue weighted by atomic mass is 10.2. The summed E-state index contributed by atoms with van der Waals surface area (Å²) in [5.74, 6) is 2.15. The highest BCUT2D eigenvalue weighted by atomic mass is 16.5. The average Bonchev–Trinajstić information content (AvgIpc) is 3.27. The first-order valence-electron chi connectivity index (χ1n) is 10.7. The Kier molecular flexibility index (Phi) is 5.98. The number of aromatic amines is 1. The average molecular weight is 432 g/mol. The van der Waals surface area contributed by atoms with Gasteiger partial charge in [-0.2, -0.15) is 4.98 Å². The van der Waals surface area contributed by atoms with Crippen molar-refractivity contribution in [1.29, 1.82) is 0 Å². The number of rotatable bonds is 8. The second-order valence-electron chi connectivity index (χ2n) is 7.37. The molecule has 0 atom stereocenters. The molecule has 2 aromatic heterocycles. The van der Waals surface area contributed by atoms with Crippen molar-refractivity contribution in [3.05, 3.63) is 60.9 Å². The Balaban J connectivity index is 1.21. The molecule has 164 valence electrons. The Bertz CT molecular complexity index is 1140. The van der Waals surface area contributed by atoms with Crippen molar-refractivity contribution < 1.29 is 9.47 Å². The van der Waals surface area contributed by atoms with E-state index in [-0.39, 0.29) is 0 Å². The molecule has 2 aromatic carbocycles. The first-order chi connectivity index (χ1) is 15.8. The smallest absolute Gasteiger partial charge is 0.207 e. The van der Waals surface area contributed by atoms with E-state index in [2.05, 4.69) is 47.6 Å². The fourth-order valence-corrected chi connectivity index (χ4v) is 3.59. The van der Waals surface area contributed by atoms with Crippen LogP contribution in [0.1, 0.15) is 0 Å². The summed E-state index contributed by atoms with van der Waals surface area (Å²) in [5.41, 5.74) is 3.48. The van der Waals surface area contributed by atoms with E-state index in [0.29, 0.717) is 30.6 Å². The number of para-hydroxylation sites is 1. The van der Waals surface area contributed by atoms with Crippen molar-refractivity contribution in [2.75, 3.05) is 55.0 Å². The minimum Gasteiger partial charge on any atom is -0.492 e. The van der Waals surface area contributed by atoms with Gasteiger partial charge in [-0.05, 0) is 36.4 Å². The van der Waals surface area contributed by atoms with Crippen LogP contribution in [0.25, 0.3) is 11.2 Å². The fourth-order valence-electron chi connectivity index (χ4n) is 3.59. The number of benzene rings is 2. The lowest BCUT2D eigenvalue weighted by Gasteiger charge is -2.28. The van der Waals surface area contributed by atoms with Gasteiger partial charge in [0, 0.05) is 24.5 Å². The van der Waals surface area contributed by atoms with E-state index >= 15 is 0 Å². The van der Waals surface area contributed by atoms with E-state index in [9.17, 15) is 0 Å². The third-order valence-corrected chi connectivity index (χ3v) is 5.20. The number of morpholine rings is 1. The number of hydrogen-bond donors (Lipinski definition) is 3. The predicted octanol–water partition coefficient (Wildman–Crippen LogP) is 3.42. The molecule has 0 spiro atoms. The van der Waals surface area contributed by atoms with Crippen LogP contribution in [0.5, 0.6) is 5.75 Å². The molecule has 0 bridgehead atoms. The number of aromatic nitrogens is 4. The summed E-state index contributed by atoms with van der Waals surface area (Å²) < 4.78 is 11.1. The van der Waals surface area contributed by atoms with E-state index in [1.54, 1.807) is 0 Å². The van der Waals surface area contributed by atoms with E-state index in [1.165, 1.54) is 12.0 Å². The summed E-state index contributed by atoms with van der Waals surface area (Å²) in [6.07, 6.45) is 1.50. The molecule has 0 saturated carbocycles. The van der Waals surface area contributed by atoms with E-state index < -0.39 is 0 Å². The van der Waals surface area contributed by atoms with Crippen LogP contribution >= 0.6 is 0 Å². The molecule has 1 aliphatic heterocycles. The molecule has 1 fully saturated rings. The molecular formula is C23H25N7O2. The van der Waals surface area contributed by atoms with Gasteiger partial charge in [0.15, 0.2) is 11.5 Å². The normalized spacial score (nSPS) is 13.8. The lowest BCUT2D eigenvalue weighted by Crippen LogP contribution is -2.36. The number of ether oxygens (including phenoxy) is 2. The van der Waals surface area contributed by atoms with Crippen LogP contribution in [0.15, 0.2) is 60.9 Å². The molecule has 3 heterocycles. The van der Waals surface area contributed by atoms with Gasteiger partial charge in [-0.15, -0.1) is 0 Å². The third-order valence-electron chi connectivity index (χ3n) is 5.20. The summed E-state index contributed by atoms with van der Waals surface area (Å²) in [6.45, 7) is 4.50. The SMILES string of the molecule is c1ccc(OCCNc2ncnc3nc(Nc4ccc(N5CCOCC5)cc4)[nH]c23)cc1. The molecule has 9 heteroatoms. The molecule has 1 aliphatic rings. The molecule has 3 N–H and O–H groups in total. The van der Waals surface area contributed by atoms with Crippen molar-refractivity contribution in [2.24, 2.45) is 0 Å². The third kappa shape index (κ3) is 4.73. The molecule has 9 nitrogen and oxygen atoms in total. The Morgan fingerprint density at radius 1 is 1.00 bits per heavy atom. The summed E-state index contributed by atoms with van der Waals surface area (Å²) in [6, 6.07) is 18.0. The van der Waals surface area contributed by atoms with Gasteiger partial charge in [0.25, 0.3) is 0 Å². The Morgan fingerprint density at radius 3 is 2.62 bits per heavy atom. The number of H-pyrrole nitrogens is 1. The number of fused-ring (bicyclic) bond motifs is 1. The quantitative estimate of drug-likeness (QED) is 0.365. The Labute approximate surface area is 185 Å². The van der Waals surface area contributed by atoms with Crippen LogP contribution < -0.4 is 20.3 Å². The van der Waals surface area contributed by atoms with Crippen LogP contribution in [0.3, 0.4) is 0 Å². The van der Waals surface area contributed by atoms with Gasteiger partial charge in [0.2, 0.25) is 5.95 Å². The van der Waals surface area contributed by atoms with Gasteiger partial charge in [-0.3, -0.25) is 0 Å². The first kappa shape index (κ1) is 20.1. The molecule has 0 unspecified atom stereocenters. The number of nitrogens with zero attached hydrogens (tertiary/aromatic N) is 4. The minimum absolute atomic E-state index is 0.518. The fraction of sp³-hybridized carbons (Fsp3) is 0.261. The summed E-state index contributed by atoms with van der Waals surface area (Å²) in [5, 5.41) is 6.60. The predicted molar refractivity (Wildman–Crippen MR) is 125 cm³/mol. The number of imidazole rings is 1. The zero-order valence-corrected chi connectivity index (χ0v) is 17.6. The lowest BCUT2D eigenvalue weighted by molar-refractivity contribution is 0.122. The summed E-state index contributed by atoms with van der Waals surface area (Å²) in [7, 11) is 0. The van der Waals surface area contributed by atoms with Crippen molar-refractivity contribution >= 4 is 34.3 Å². The van der Waals surface area contributed by atoms with Crippen molar-refractivity contribution in [2.45, 2.75) is 0 Å². The van der Waals surface area contributed by atoms with E-state index in [4.69, 9.17) is 9.47 Å². The monoisotopic (exact) mass is 431 g/mol. The van der Waals surface area contributed by atoms with Crippen LogP contribution in [0.4, 0.5) is 23.1 Å².